The third kappa shape index (κ3) is 3.30. The van der Waals surface area contributed by atoms with Crippen molar-refractivity contribution in [1.82, 2.24) is 0 Å². The second-order valence-corrected chi connectivity index (χ2v) is 7.59. The lowest BCUT2D eigenvalue weighted by Crippen LogP contribution is -2.30. The molecule has 3 aromatic rings. The molecule has 1 unspecified atom stereocenters. The second-order valence-electron chi connectivity index (χ2n) is 7.59. The number of aliphatic hydroxyl groups is 1. The van der Waals surface area contributed by atoms with Crippen LogP contribution in [0.5, 0.6) is 5.75 Å². The Hall–Kier alpha value is -3.80. The van der Waals surface area contributed by atoms with Gasteiger partial charge in [-0.2, -0.15) is 0 Å². The molecule has 1 aliphatic rings. The number of aliphatic hydroxyl groups excluding tert-OH is 1. The van der Waals surface area contributed by atoms with Crippen LogP contribution in [-0.2, 0) is 9.59 Å². The van der Waals surface area contributed by atoms with Gasteiger partial charge in [0, 0.05) is 11.3 Å². The Morgan fingerprint density at radius 1 is 1.03 bits per heavy atom. The maximum absolute atomic E-state index is 13.2. The van der Waals surface area contributed by atoms with Crippen LogP contribution in [0.2, 0.25) is 0 Å². The van der Waals surface area contributed by atoms with Crippen LogP contribution in [0, 0.1) is 20.8 Å². The van der Waals surface area contributed by atoms with Gasteiger partial charge in [-0.15, -0.1) is 0 Å². The number of ketones is 1. The van der Waals surface area contributed by atoms with Crippen molar-refractivity contribution in [1.29, 1.82) is 0 Å². The normalized spacial score (nSPS) is 17.9. The SMILES string of the molecule is COc1ccc(/C(O)=C2/C(=O)C(=O)N(c3cccc(C)c3C)C2c2ccco2)cc1C. The summed E-state index contributed by atoms with van der Waals surface area (Å²) >= 11 is 0. The van der Waals surface area contributed by atoms with Gasteiger partial charge < -0.3 is 14.3 Å². The molecular weight excluding hydrogens is 394 g/mol. The van der Waals surface area contributed by atoms with Crippen LogP contribution in [-0.4, -0.2) is 23.9 Å². The van der Waals surface area contributed by atoms with Crippen LogP contribution in [0.4, 0.5) is 5.69 Å². The highest BCUT2D eigenvalue weighted by Gasteiger charge is 2.48. The fourth-order valence-corrected chi connectivity index (χ4v) is 3.97. The Kier molecular flexibility index (Phi) is 5.15. The van der Waals surface area contributed by atoms with Crippen LogP contribution in [0.15, 0.2) is 64.8 Å². The molecule has 158 valence electrons. The summed E-state index contributed by atoms with van der Waals surface area (Å²) in [6, 6.07) is 13.2. The van der Waals surface area contributed by atoms with Crippen LogP contribution < -0.4 is 9.64 Å². The van der Waals surface area contributed by atoms with Crippen molar-refractivity contribution in [2.75, 3.05) is 12.0 Å². The Morgan fingerprint density at radius 3 is 2.45 bits per heavy atom. The van der Waals surface area contributed by atoms with Crippen molar-refractivity contribution in [2.24, 2.45) is 0 Å². The van der Waals surface area contributed by atoms with Gasteiger partial charge >= 0.3 is 0 Å². The highest BCUT2D eigenvalue weighted by molar-refractivity contribution is 6.51. The second kappa shape index (κ2) is 7.80. The third-order valence-electron chi connectivity index (χ3n) is 5.76. The van der Waals surface area contributed by atoms with Crippen LogP contribution in [0.25, 0.3) is 5.76 Å². The minimum absolute atomic E-state index is 0.00887. The van der Waals surface area contributed by atoms with Crippen molar-refractivity contribution in [3.8, 4) is 5.75 Å². The highest BCUT2D eigenvalue weighted by atomic mass is 16.5. The number of nitrogens with zero attached hydrogens (tertiary/aromatic N) is 1. The van der Waals surface area contributed by atoms with Crippen molar-refractivity contribution in [3.05, 3.63) is 88.4 Å². The minimum Gasteiger partial charge on any atom is -0.507 e. The number of hydrogen-bond donors (Lipinski definition) is 1. The number of furan rings is 1. The summed E-state index contributed by atoms with van der Waals surface area (Å²) in [4.78, 5) is 27.7. The number of rotatable bonds is 4. The van der Waals surface area contributed by atoms with Crippen LogP contribution >= 0.6 is 0 Å². The Labute approximate surface area is 180 Å². The summed E-state index contributed by atoms with van der Waals surface area (Å²) in [5, 5.41) is 11.2. The summed E-state index contributed by atoms with van der Waals surface area (Å²) in [5.41, 5.74) is 3.68. The van der Waals surface area contributed by atoms with Crippen molar-refractivity contribution in [2.45, 2.75) is 26.8 Å². The number of carbonyl (C=O) groups excluding carboxylic acids is 2. The molecule has 0 saturated carbocycles. The molecule has 6 heteroatoms. The van der Waals surface area contributed by atoms with E-state index < -0.39 is 17.7 Å². The number of ether oxygens (including phenoxy) is 1. The zero-order chi connectivity index (χ0) is 22.3. The molecule has 4 rings (SSSR count). The van der Waals surface area contributed by atoms with E-state index in [1.54, 1.807) is 43.5 Å². The van der Waals surface area contributed by atoms with Gasteiger partial charge in [-0.3, -0.25) is 14.5 Å². The maximum Gasteiger partial charge on any atom is 0.300 e. The molecule has 0 spiro atoms. The van der Waals surface area contributed by atoms with Gasteiger partial charge in [0.25, 0.3) is 11.7 Å². The van der Waals surface area contributed by atoms with Gasteiger partial charge in [-0.1, -0.05) is 12.1 Å². The van der Waals surface area contributed by atoms with E-state index in [4.69, 9.17) is 9.15 Å². The van der Waals surface area contributed by atoms with Gasteiger partial charge in [0.1, 0.15) is 23.3 Å². The molecule has 6 nitrogen and oxygen atoms in total. The first-order chi connectivity index (χ1) is 14.8. The summed E-state index contributed by atoms with van der Waals surface area (Å²) in [5.74, 6) is -0.657. The molecule has 1 amide bonds. The lowest BCUT2D eigenvalue weighted by atomic mass is 9.97. The predicted molar refractivity (Wildman–Crippen MR) is 117 cm³/mol. The highest BCUT2D eigenvalue weighted by Crippen LogP contribution is 2.43. The van der Waals surface area contributed by atoms with E-state index in [1.807, 2.05) is 32.9 Å². The molecule has 2 heterocycles. The van der Waals surface area contributed by atoms with E-state index in [1.165, 1.54) is 11.2 Å². The number of benzene rings is 2. The van der Waals surface area contributed by atoms with E-state index >= 15 is 0 Å². The number of anilines is 1. The van der Waals surface area contributed by atoms with Crippen molar-refractivity contribution >= 4 is 23.1 Å². The standard InChI is InChI=1S/C25H23NO5/c1-14-7-5-8-18(16(14)3)26-22(20-9-6-12-31-20)21(24(28)25(26)29)23(27)17-10-11-19(30-4)15(2)13-17/h5-13,22,27H,1-4H3/b23-21-. The van der Waals surface area contributed by atoms with Crippen molar-refractivity contribution < 1.29 is 23.8 Å². The topological polar surface area (TPSA) is 80.0 Å². The summed E-state index contributed by atoms with van der Waals surface area (Å²) in [6.45, 7) is 5.68. The average Bonchev–Trinajstić information content (AvgIpc) is 3.37. The third-order valence-corrected chi connectivity index (χ3v) is 5.76. The molecule has 31 heavy (non-hydrogen) atoms. The fourth-order valence-electron chi connectivity index (χ4n) is 3.97. The molecule has 1 N–H and O–H groups in total. The van der Waals surface area contributed by atoms with Gasteiger partial charge in [0.05, 0.1) is 18.9 Å². The van der Waals surface area contributed by atoms with E-state index in [-0.39, 0.29) is 11.3 Å². The smallest absolute Gasteiger partial charge is 0.300 e. The summed E-state index contributed by atoms with van der Waals surface area (Å²) in [6.07, 6.45) is 1.48. The summed E-state index contributed by atoms with van der Waals surface area (Å²) < 4.78 is 10.9. The fraction of sp³-hybridized carbons (Fsp3) is 0.200. The number of aryl methyl sites for hydroxylation is 2. The molecule has 0 radical (unpaired) electrons. The molecule has 0 bridgehead atoms. The zero-order valence-corrected chi connectivity index (χ0v) is 17.8. The molecule has 1 aromatic heterocycles. The maximum atomic E-state index is 13.2. The molecule has 1 fully saturated rings. The predicted octanol–water partition coefficient (Wildman–Crippen LogP) is 4.84. The lowest BCUT2D eigenvalue weighted by molar-refractivity contribution is -0.132. The number of amides is 1. The molecule has 1 aliphatic heterocycles. The molecule has 1 saturated heterocycles. The van der Waals surface area contributed by atoms with Crippen molar-refractivity contribution in [3.63, 3.8) is 0 Å². The quantitative estimate of drug-likeness (QED) is 0.373. The van der Waals surface area contributed by atoms with E-state index in [0.29, 0.717) is 22.8 Å². The van der Waals surface area contributed by atoms with Gasteiger partial charge in [-0.05, 0) is 73.9 Å². The Bertz CT molecular complexity index is 1210. The lowest BCUT2D eigenvalue weighted by Gasteiger charge is -2.25. The Morgan fingerprint density at radius 2 is 1.81 bits per heavy atom. The van der Waals surface area contributed by atoms with Gasteiger partial charge in [0.2, 0.25) is 0 Å². The van der Waals surface area contributed by atoms with Crippen LogP contribution in [0.3, 0.4) is 0 Å². The average molecular weight is 417 g/mol. The summed E-state index contributed by atoms with van der Waals surface area (Å²) in [7, 11) is 1.56. The number of carbonyl (C=O) groups is 2. The van der Waals surface area contributed by atoms with Crippen LogP contribution in [0.1, 0.15) is 34.1 Å². The first kappa shape index (κ1) is 20.5. The Balaban J connectivity index is 1.94. The van der Waals surface area contributed by atoms with E-state index in [0.717, 1.165) is 16.7 Å². The van der Waals surface area contributed by atoms with E-state index in [9.17, 15) is 14.7 Å². The number of hydrogen-bond acceptors (Lipinski definition) is 5. The first-order valence-corrected chi connectivity index (χ1v) is 9.90. The molecule has 1 atom stereocenters. The van der Waals surface area contributed by atoms with Gasteiger partial charge in [-0.25, -0.2) is 0 Å². The van der Waals surface area contributed by atoms with E-state index in [2.05, 4.69) is 0 Å². The number of Topliss-reactive ketones (excluding diaryl/α,β-unsaturated/α-hetero) is 1. The zero-order valence-electron chi connectivity index (χ0n) is 17.8. The molecular formula is C25H23NO5. The largest absolute Gasteiger partial charge is 0.507 e. The first-order valence-electron chi connectivity index (χ1n) is 9.90. The van der Waals surface area contributed by atoms with Gasteiger partial charge in [0.15, 0.2) is 0 Å². The number of methoxy groups -OCH3 is 1. The molecule has 2 aromatic carbocycles. The molecule has 0 aliphatic carbocycles. The minimum atomic E-state index is -0.877. The monoisotopic (exact) mass is 417 g/mol.